The Morgan fingerprint density at radius 1 is 1.14 bits per heavy atom. The van der Waals surface area contributed by atoms with Crippen LogP contribution in [0.5, 0.6) is 0 Å². The first kappa shape index (κ1) is 18.2. The first-order valence-corrected chi connectivity index (χ1v) is 8.75. The van der Waals surface area contributed by atoms with Gasteiger partial charge in [0.15, 0.2) is 11.5 Å². The van der Waals surface area contributed by atoms with Crippen molar-refractivity contribution in [2.24, 2.45) is 0 Å². The van der Waals surface area contributed by atoms with Gasteiger partial charge in [-0.05, 0) is 42.5 Å². The highest BCUT2D eigenvalue weighted by molar-refractivity contribution is 5.93. The number of nitrogens with zero attached hydrogens (tertiary/aromatic N) is 2. The molecule has 0 radical (unpaired) electrons. The molecule has 1 N–H and O–H groups in total. The molecule has 0 atom stereocenters. The molecule has 5 nitrogen and oxygen atoms in total. The summed E-state index contributed by atoms with van der Waals surface area (Å²) in [5.41, 5.74) is 0.854. The van der Waals surface area contributed by atoms with Crippen molar-refractivity contribution in [2.45, 2.75) is 31.0 Å². The molecule has 0 spiro atoms. The Morgan fingerprint density at radius 3 is 2.68 bits per heavy atom. The van der Waals surface area contributed by atoms with Gasteiger partial charge in [-0.3, -0.25) is 9.78 Å². The topological polar surface area (TPSA) is 68.0 Å². The number of amides is 1. The third-order valence-electron chi connectivity index (χ3n) is 4.85. The van der Waals surface area contributed by atoms with Crippen molar-refractivity contribution in [1.82, 2.24) is 15.5 Å². The molecule has 1 saturated carbocycles. The number of rotatable bonds is 4. The summed E-state index contributed by atoms with van der Waals surface area (Å²) in [7, 11) is 0. The molecule has 1 amide bonds. The van der Waals surface area contributed by atoms with Gasteiger partial charge in [-0.15, -0.1) is 0 Å². The van der Waals surface area contributed by atoms with E-state index in [1.54, 1.807) is 30.6 Å². The van der Waals surface area contributed by atoms with Crippen LogP contribution in [0.4, 0.5) is 13.2 Å². The lowest BCUT2D eigenvalue weighted by molar-refractivity contribution is -0.137. The van der Waals surface area contributed by atoms with E-state index in [0.29, 0.717) is 29.7 Å². The lowest BCUT2D eigenvalue weighted by atomic mass is 9.75. The summed E-state index contributed by atoms with van der Waals surface area (Å²) in [6, 6.07) is 10.3. The molecule has 1 aliphatic rings. The van der Waals surface area contributed by atoms with Crippen LogP contribution < -0.4 is 5.32 Å². The smallest absolute Gasteiger partial charge is 0.355 e. The summed E-state index contributed by atoms with van der Waals surface area (Å²) in [6.07, 6.45) is 0.0473. The van der Waals surface area contributed by atoms with E-state index >= 15 is 0 Å². The second kappa shape index (κ2) is 7.10. The number of carbonyl (C=O) groups excluding carboxylic acids is 1. The molecule has 1 fully saturated rings. The number of halogens is 3. The summed E-state index contributed by atoms with van der Waals surface area (Å²) in [4.78, 5) is 16.3. The van der Waals surface area contributed by atoms with Crippen LogP contribution in [-0.2, 0) is 6.18 Å². The average molecular weight is 387 g/mol. The van der Waals surface area contributed by atoms with Gasteiger partial charge in [0.2, 0.25) is 0 Å². The van der Waals surface area contributed by atoms with Crippen LogP contribution in [-0.4, -0.2) is 22.1 Å². The largest absolute Gasteiger partial charge is 0.416 e. The van der Waals surface area contributed by atoms with Crippen molar-refractivity contribution >= 4 is 5.91 Å². The Hall–Kier alpha value is -3.16. The van der Waals surface area contributed by atoms with Crippen LogP contribution in [0.1, 0.15) is 40.4 Å². The Balaban J connectivity index is 1.35. The van der Waals surface area contributed by atoms with E-state index in [4.69, 9.17) is 4.52 Å². The van der Waals surface area contributed by atoms with Crippen LogP contribution in [0.3, 0.4) is 0 Å². The Labute approximate surface area is 158 Å². The molecule has 8 heteroatoms. The molecule has 144 valence electrons. The SMILES string of the molecule is O=C(NC1CC(c2cccc(C(F)(F)F)c2)C1)c1cc(-c2cccnc2)on1. The van der Waals surface area contributed by atoms with Gasteiger partial charge in [0.1, 0.15) is 0 Å². The van der Waals surface area contributed by atoms with Gasteiger partial charge >= 0.3 is 6.18 Å². The lowest BCUT2D eigenvalue weighted by Gasteiger charge is -2.36. The molecule has 0 saturated heterocycles. The zero-order valence-electron chi connectivity index (χ0n) is 14.6. The molecule has 2 aromatic heterocycles. The Kier molecular flexibility index (Phi) is 4.62. The molecule has 28 heavy (non-hydrogen) atoms. The molecule has 4 rings (SSSR count). The van der Waals surface area contributed by atoms with Gasteiger partial charge < -0.3 is 9.84 Å². The standard InChI is InChI=1S/C20H16F3N3O2/c21-20(22,23)15-5-1-3-12(7-15)14-8-16(9-14)25-19(27)17-10-18(28-26-17)13-4-2-6-24-11-13/h1-7,10-11,14,16H,8-9H2,(H,25,27). The summed E-state index contributed by atoms with van der Waals surface area (Å²) in [5, 5.41) is 6.62. The molecule has 1 aromatic carbocycles. The predicted octanol–water partition coefficient (Wildman–Crippen LogP) is 4.43. The summed E-state index contributed by atoms with van der Waals surface area (Å²) < 4.78 is 43.7. The number of hydrogen-bond acceptors (Lipinski definition) is 4. The fourth-order valence-corrected chi connectivity index (χ4v) is 3.26. The molecule has 0 unspecified atom stereocenters. The van der Waals surface area contributed by atoms with E-state index in [1.165, 1.54) is 18.2 Å². The van der Waals surface area contributed by atoms with Crippen molar-refractivity contribution in [3.63, 3.8) is 0 Å². The van der Waals surface area contributed by atoms with Gasteiger partial charge in [0.05, 0.1) is 5.56 Å². The van der Waals surface area contributed by atoms with E-state index in [0.717, 1.165) is 6.07 Å². The van der Waals surface area contributed by atoms with Crippen LogP contribution in [0.2, 0.25) is 0 Å². The first-order chi connectivity index (χ1) is 13.4. The predicted molar refractivity (Wildman–Crippen MR) is 94.4 cm³/mol. The van der Waals surface area contributed by atoms with Crippen LogP contribution >= 0.6 is 0 Å². The maximum Gasteiger partial charge on any atom is 0.416 e. The number of aromatic nitrogens is 2. The molecular formula is C20H16F3N3O2. The maximum absolute atomic E-state index is 12.8. The Morgan fingerprint density at radius 2 is 1.96 bits per heavy atom. The number of carbonyl (C=O) groups is 1. The minimum absolute atomic E-state index is 0.00383. The molecule has 0 aliphatic heterocycles. The van der Waals surface area contributed by atoms with Crippen LogP contribution in [0.15, 0.2) is 59.4 Å². The van der Waals surface area contributed by atoms with E-state index in [-0.39, 0.29) is 23.6 Å². The number of nitrogens with one attached hydrogen (secondary N) is 1. The van der Waals surface area contributed by atoms with Crippen molar-refractivity contribution in [2.75, 3.05) is 0 Å². The zero-order chi connectivity index (χ0) is 19.7. The number of hydrogen-bond donors (Lipinski definition) is 1. The van der Waals surface area contributed by atoms with Gasteiger partial charge in [-0.2, -0.15) is 13.2 Å². The van der Waals surface area contributed by atoms with E-state index < -0.39 is 11.7 Å². The van der Waals surface area contributed by atoms with Gasteiger partial charge in [-0.25, -0.2) is 0 Å². The van der Waals surface area contributed by atoms with Crippen LogP contribution in [0.25, 0.3) is 11.3 Å². The minimum Gasteiger partial charge on any atom is -0.355 e. The van der Waals surface area contributed by atoms with Crippen molar-refractivity contribution in [3.8, 4) is 11.3 Å². The molecule has 2 heterocycles. The van der Waals surface area contributed by atoms with Crippen LogP contribution in [0, 0.1) is 0 Å². The third-order valence-corrected chi connectivity index (χ3v) is 4.85. The number of benzene rings is 1. The monoisotopic (exact) mass is 387 g/mol. The number of alkyl halides is 3. The molecule has 0 bridgehead atoms. The minimum atomic E-state index is -4.35. The van der Waals surface area contributed by atoms with Gasteiger partial charge in [-0.1, -0.05) is 23.4 Å². The van der Waals surface area contributed by atoms with E-state index in [1.807, 2.05) is 0 Å². The summed E-state index contributed by atoms with van der Waals surface area (Å²) >= 11 is 0. The van der Waals surface area contributed by atoms with Gasteiger partial charge in [0, 0.05) is 30.1 Å². The Bertz CT molecular complexity index is 980. The summed E-state index contributed by atoms with van der Waals surface area (Å²) in [5.74, 6) is 0.0657. The average Bonchev–Trinajstić information content (AvgIpc) is 3.15. The van der Waals surface area contributed by atoms with E-state index in [2.05, 4.69) is 15.5 Å². The second-order valence-corrected chi connectivity index (χ2v) is 6.78. The highest BCUT2D eigenvalue weighted by Gasteiger charge is 2.35. The fraction of sp³-hybridized carbons (Fsp3) is 0.250. The normalized spacial score (nSPS) is 19.1. The highest BCUT2D eigenvalue weighted by Crippen LogP contribution is 2.39. The second-order valence-electron chi connectivity index (χ2n) is 6.78. The van der Waals surface area contributed by atoms with E-state index in [9.17, 15) is 18.0 Å². The quantitative estimate of drug-likeness (QED) is 0.719. The zero-order valence-corrected chi connectivity index (χ0v) is 14.6. The lowest BCUT2D eigenvalue weighted by Crippen LogP contribution is -2.43. The van der Waals surface area contributed by atoms with Crippen molar-refractivity contribution in [1.29, 1.82) is 0 Å². The third kappa shape index (κ3) is 3.76. The maximum atomic E-state index is 12.8. The van der Waals surface area contributed by atoms with Gasteiger partial charge in [0.25, 0.3) is 5.91 Å². The highest BCUT2D eigenvalue weighted by atomic mass is 19.4. The summed E-state index contributed by atoms with van der Waals surface area (Å²) in [6.45, 7) is 0. The fourth-order valence-electron chi connectivity index (χ4n) is 3.26. The van der Waals surface area contributed by atoms with Crippen molar-refractivity contribution < 1.29 is 22.5 Å². The number of pyridine rings is 1. The molecule has 1 aliphatic carbocycles. The molecular weight excluding hydrogens is 371 g/mol. The van der Waals surface area contributed by atoms with Crippen molar-refractivity contribution in [3.05, 3.63) is 71.7 Å². The first-order valence-electron chi connectivity index (χ1n) is 8.75. The molecule has 3 aromatic rings.